The van der Waals surface area contributed by atoms with Crippen LogP contribution in [0.15, 0.2) is 0 Å². The van der Waals surface area contributed by atoms with Gasteiger partial charge in [-0.15, -0.1) is 0 Å². The van der Waals surface area contributed by atoms with Crippen LogP contribution >= 0.6 is 0 Å². The Morgan fingerprint density at radius 1 is 1.30 bits per heavy atom. The Labute approximate surface area is 122 Å². The molecule has 0 aromatic heterocycles. The molecule has 0 aromatic carbocycles. The molecular weight excluding hydrogens is 280 g/mol. The van der Waals surface area contributed by atoms with Crippen molar-refractivity contribution in [3.05, 3.63) is 0 Å². The highest BCUT2D eigenvalue weighted by molar-refractivity contribution is 7.89. The minimum absolute atomic E-state index is 0.0616. The summed E-state index contributed by atoms with van der Waals surface area (Å²) in [5, 5.41) is 0. The van der Waals surface area contributed by atoms with Gasteiger partial charge in [-0.1, -0.05) is 6.92 Å². The van der Waals surface area contributed by atoms with E-state index < -0.39 is 10.0 Å². The van der Waals surface area contributed by atoms with Gasteiger partial charge < -0.3 is 9.47 Å². The maximum absolute atomic E-state index is 12.4. The van der Waals surface area contributed by atoms with Crippen molar-refractivity contribution in [1.29, 1.82) is 0 Å². The Balaban J connectivity index is 1.98. The van der Waals surface area contributed by atoms with Gasteiger partial charge in [-0.25, -0.2) is 8.42 Å². The molecule has 0 aromatic rings. The van der Waals surface area contributed by atoms with Crippen molar-refractivity contribution < 1.29 is 17.9 Å². The van der Waals surface area contributed by atoms with Crippen LogP contribution in [0.1, 0.15) is 13.8 Å². The van der Waals surface area contributed by atoms with Crippen molar-refractivity contribution in [2.45, 2.75) is 26.0 Å². The lowest BCUT2D eigenvalue weighted by Crippen LogP contribution is -2.47. The number of methoxy groups -OCH3 is 1. The smallest absolute Gasteiger partial charge is 0.216 e. The van der Waals surface area contributed by atoms with Crippen LogP contribution < -0.4 is 0 Å². The number of rotatable bonds is 5. The van der Waals surface area contributed by atoms with Gasteiger partial charge in [-0.2, -0.15) is 4.31 Å². The zero-order valence-corrected chi connectivity index (χ0v) is 13.4. The van der Waals surface area contributed by atoms with Gasteiger partial charge in [-0.05, 0) is 12.8 Å². The molecule has 0 saturated carbocycles. The van der Waals surface area contributed by atoms with E-state index in [1.54, 1.807) is 18.3 Å². The van der Waals surface area contributed by atoms with Crippen LogP contribution in [-0.4, -0.2) is 82.0 Å². The number of ether oxygens (including phenoxy) is 2. The molecule has 0 spiro atoms. The Morgan fingerprint density at radius 3 is 2.55 bits per heavy atom. The van der Waals surface area contributed by atoms with Gasteiger partial charge in [0.25, 0.3) is 0 Å². The number of sulfonamides is 1. The van der Waals surface area contributed by atoms with E-state index >= 15 is 0 Å². The van der Waals surface area contributed by atoms with Crippen LogP contribution in [-0.2, 0) is 19.5 Å². The number of hydrogen-bond acceptors (Lipinski definition) is 5. The molecule has 2 rings (SSSR count). The lowest BCUT2D eigenvalue weighted by molar-refractivity contribution is 0.0126. The van der Waals surface area contributed by atoms with Gasteiger partial charge in [0.1, 0.15) is 0 Å². The second-order valence-electron chi connectivity index (χ2n) is 5.83. The molecule has 0 N–H and O–H groups in total. The van der Waals surface area contributed by atoms with Gasteiger partial charge >= 0.3 is 0 Å². The van der Waals surface area contributed by atoms with E-state index in [1.165, 1.54) is 0 Å². The molecule has 2 aliphatic rings. The number of morpholine rings is 1. The Morgan fingerprint density at radius 2 is 1.95 bits per heavy atom. The van der Waals surface area contributed by atoms with Crippen molar-refractivity contribution in [3.63, 3.8) is 0 Å². The summed E-state index contributed by atoms with van der Waals surface area (Å²) in [6, 6.07) is 0.312. The molecule has 2 aliphatic heterocycles. The maximum atomic E-state index is 12.4. The van der Waals surface area contributed by atoms with Crippen LogP contribution in [0, 0.1) is 5.92 Å². The lowest BCUT2D eigenvalue weighted by Gasteiger charge is -2.34. The van der Waals surface area contributed by atoms with Gasteiger partial charge in [0.15, 0.2) is 0 Å². The lowest BCUT2D eigenvalue weighted by atomic mass is 10.0. The van der Waals surface area contributed by atoms with E-state index in [4.69, 9.17) is 9.47 Å². The zero-order chi connectivity index (χ0) is 14.8. The summed E-state index contributed by atoms with van der Waals surface area (Å²) >= 11 is 0. The molecule has 0 aliphatic carbocycles. The van der Waals surface area contributed by atoms with E-state index in [1.807, 2.05) is 0 Å². The van der Waals surface area contributed by atoms with Crippen molar-refractivity contribution in [2.75, 3.05) is 52.3 Å². The summed E-state index contributed by atoms with van der Waals surface area (Å²) in [6.45, 7) is 8.43. The predicted octanol–water partition coefficient (Wildman–Crippen LogP) is 0.00360. The number of hydrogen-bond donors (Lipinski definition) is 0. The van der Waals surface area contributed by atoms with Crippen molar-refractivity contribution in [2.24, 2.45) is 5.92 Å². The summed E-state index contributed by atoms with van der Waals surface area (Å²) in [5.41, 5.74) is 0. The molecular formula is C13H26N2O4S. The third-order valence-electron chi connectivity index (χ3n) is 4.29. The quantitative estimate of drug-likeness (QED) is 0.716. The van der Waals surface area contributed by atoms with Crippen LogP contribution in [0.5, 0.6) is 0 Å². The van der Waals surface area contributed by atoms with E-state index in [0.29, 0.717) is 25.0 Å². The molecule has 7 heteroatoms. The third-order valence-corrected chi connectivity index (χ3v) is 6.27. The second kappa shape index (κ2) is 6.70. The molecule has 0 radical (unpaired) electrons. The highest BCUT2D eigenvalue weighted by atomic mass is 32.2. The summed E-state index contributed by atoms with van der Waals surface area (Å²) in [7, 11) is -1.68. The van der Waals surface area contributed by atoms with Crippen LogP contribution in [0.4, 0.5) is 0 Å². The van der Waals surface area contributed by atoms with Gasteiger partial charge in [0.2, 0.25) is 10.0 Å². The average Bonchev–Trinajstić information content (AvgIpc) is 2.82. The van der Waals surface area contributed by atoms with Crippen molar-refractivity contribution >= 4 is 10.0 Å². The van der Waals surface area contributed by atoms with E-state index in [-0.39, 0.29) is 11.9 Å². The Bertz CT molecular complexity index is 409. The molecule has 0 bridgehead atoms. The molecule has 118 valence electrons. The standard InChI is InChI=1S/C13H26N2O4S/c1-11-8-15(20(16,17)10-12(2)18-3)9-13(11)14-4-6-19-7-5-14/h11-13H,4-10H2,1-3H3. The van der Waals surface area contributed by atoms with Crippen molar-refractivity contribution in [3.8, 4) is 0 Å². The van der Waals surface area contributed by atoms with Gasteiger partial charge in [-0.3, -0.25) is 4.90 Å². The van der Waals surface area contributed by atoms with Crippen LogP contribution in [0.25, 0.3) is 0 Å². The number of nitrogens with zero attached hydrogens (tertiary/aromatic N) is 2. The molecule has 0 amide bonds. The molecule has 6 nitrogen and oxygen atoms in total. The van der Waals surface area contributed by atoms with E-state index in [2.05, 4.69) is 11.8 Å². The highest BCUT2D eigenvalue weighted by Gasteiger charge is 2.39. The fourth-order valence-corrected chi connectivity index (χ4v) is 4.77. The summed E-state index contributed by atoms with van der Waals surface area (Å²) in [4.78, 5) is 2.36. The van der Waals surface area contributed by atoms with Crippen LogP contribution in [0.2, 0.25) is 0 Å². The maximum Gasteiger partial charge on any atom is 0.216 e. The highest BCUT2D eigenvalue weighted by Crippen LogP contribution is 2.25. The van der Waals surface area contributed by atoms with E-state index in [0.717, 1.165) is 26.3 Å². The monoisotopic (exact) mass is 306 g/mol. The third kappa shape index (κ3) is 3.71. The first kappa shape index (κ1) is 16.2. The molecule has 2 saturated heterocycles. The minimum Gasteiger partial charge on any atom is -0.381 e. The van der Waals surface area contributed by atoms with E-state index in [9.17, 15) is 8.42 Å². The van der Waals surface area contributed by atoms with Crippen molar-refractivity contribution in [1.82, 2.24) is 9.21 Å². The molecule has 20 heavy (non-hydrogen) atoms. The first-order chi connectivity index (χ1) is 9.44. The Hall–Kier alpha value is -0.210. The first-order valence-corrected chi connectivity index (χ1v) is 8.87. The largest absolute Gasteiger partial charge is 0.381 e. The topological polar surface area (TPSA) is 59.1 Å². The first-order valence-electron chi connectivity index (χ1n) is 7.26. The van der Waals surface area contributed by atoms with Gasteiger partial charge in [0.05, 0.1) is 25.1 Å². The second-order valence-corrected chi connectivity index (χ2v) is 7.85. The molecule has 2 heterocycles. The summed E-state index contributed by atoms with van der Waals surface area (Å²) in [5.74, 6) is 0.423. The zero-order valence-electron chi connectivity index (χ0n) is 12.6. The fraction of sp³-hybridized carbons (Fsp3) is 1.00. The van der Waals surface area contributed by atoms with Crippen LogP contribution in [0.3, 0.4) is 0 Å². The summed E-state index contributed by atoms with van der Waals surface area (Å²) in [6.07, 6.45) is -0.266. The predicted molar refractivity (Wildman–Crippen MR) is 77.2 cm³/mol. The summed E-state index contributed by atoms with van der Waals surface area (Å²) < 4.78 is 36.8. The van der Waals surface area contributed by atoms with Gasteiger partial charge in [0, 0.05) is 39.3 Å². The molecule has 2 fully saturated rings. The normalized spacial score (nSPS) is 31.6. The average molecular weight is 306 g/mol. The molecule has 3 atom stereocenters. The molecule has 3 unspecified atom stereocenters. The fourth-order valence-electron chi connectivity index (χ4n) is 2.99. The minimum atomic E-state index is -3.23. The Kier molecular flexibility index (Phi) is 5.42. The SMILES string of the molecule is COC(C)CS(=O)(=O)N1CC(C)C(N2CCOCC2)C1.